The highest BCUT2D eigenvalue weighted by molar-refractivity contribution is 9.10. The lowest BCUT2D eigenvalue weighted by atomic mass is 10.2. The number of aldehydes is 1. The first-order chi connectivity index (χ1) is 6.70. The first-order valence-corrected chi connectivity index (χ1v) is 5.63. The van der Waals surface area contributed by atoms with Gasteiger partial charge in [0.05, 0.1) is 15.9 Å². The molecule has 0 saturated heterocycles. The second-order valence-corrected chi connectivity index (χ2v) is 4.04. The Labute approximate surface area is 92.6 Å². The Kier molecular flexibility index (Phi) is 4.32. The molecule has 0 radical (unpaired) electrons. The number of carbonyl (C=O) groups excluding carboxylic acids is 1. The van der Waals surface area contributed by atoms with Gasteiger partial charge in [0, 0.05) is 13.5 Å². The molecule has 1 aromatic rings. The van der Waals surface area contributed by atoms with Crippen molar-refractivity contribution in [3.05, 3.63) is 15.9 Å². The molecule has 0 aliphatic rings. The van der Waals surface area contributed by atoms with Crippen LogP contribution >= 0.6 is 15.9 Å². The van der Waals surface area contributed by atoms with E-state index < -0.39 is 0 Å². The number of halogens is 1. The summed E-state index contributed by atoms with van der Waals surface area (Å²) in [6.07, 6.45) is 4.32. The van der Waals surface area contributed by atoms with Gasteiger partial charge in [-0.1, -0.05) is 6.92 Å². The van der Waals surface area contributed by atoms with Gasteiger partial charge in [-0.3, -0.25) is 4.68 Å². The van der Waals surface area contributed by atoms with Crippen molar-refractivity contribution in [3.8, 4) is 0 Å². The number of carbonyl (C=O) groups is 1. The lowest BCUT2D eigenvalue weighted by molar-refractivity contribution is -0.107. The van der Waals surface area contributed by atoms with Crippen molar-refractivity contribution < 1.29 is 4.79 Å². The number of rotatable bonds is 5. The number of nitrogens with zero attached hydrogens (tertiary/aromatic N) is 2. The Morgan fingerprint density at radius 1 is 1.57 bits per heavy atom. The minimum absolute atomic E-state index is 0.624. The van der Waals surface area contributed by atoms with Gasteiger partial charge in [-0.2, -0.15) is 5.10 Å². The normalized spacial score (nSPS) is 10.5. The van der Waals surface area contributed by atoms with Crippen molar-refractivity contribution in [1.82, 2.24) is 9.78 Å². The number of hydrogen-bond acceptors (Lipinski definition) is 2. The van der Waals surface area contributed by atoms with Gasteiger partial charge in [0.15, 0.2) is 0 Å². The summed E-state index contributed by atoms with van der Waals surface area (Å²) in [7, 11) is 1.94. The fraction of sp³-hybridized carbons (Fsp3) is 0.600. The van der Waals surface area contributed by atoms with E-state index in [0.717, 1.165) is 35.7 Å². The zero-order valence-corrected chi connectivity index (χ0v) is 10.2. The van der Waals surface area contributed by atoms with E-state index in [1.54, 1.807) is 0 Å². The molecule has 0 unspecified atom stereocenters. The standard InChI is InChI=1S/C10H15BrN2O/c1-3-8-10(11)9(13(2)12-8)6-4-5-7-14/h7H,3-6H2,1-2H3. The monoisotopic (exact) mass is 258 g/mol. The van der Waals surface area contributed by atoms with E-state index in [1.807, 2.05) is 11.7 Å². The van der Waals surface area contributed by atoms with Crippen molar-refractivity contribution in [2.75, 3.05) is 0 Å². The van der Waals surface area contributed by atoms with Crippen LogP contribution in [0.5, 0.6) is 0 Å². The van der Waals surface area contributed by atoms with Crippen LogP contribution in [-0.4, -0.2) is 16.1 Å². The quantitative estimate of drug-likeness (QED) is 0.600. The number of aryl methyl sites for hydroxylation is 2. The smallest absolute Gasteiger partial charge is 0.120 e. The molecule has 4 heteroatoms. The van der Waals surface area contributed by atoms with Crippen LogP contribution in [0.25, 0.3) is 0 Å². The summed E-state index contributed by atoms with van der Waals surface area (Å²) in [5, 5.41) is 4.39. The molecular formula is C10H15BrN2O. The lowest BCUT2D eigenvalue weighted by Crippen LogP contribution is -1.98. The summed E-state index contributed by atoms with van der Waals surface area (Å²) in [5.41, 5.74) is 2.28. The lowest BCUT2D eigenvalue weighted by Gasteiger charge is -2.00. The topological polar surface area (TPSA) is 34.9 Å². The molecule has 0 aliphatic carbocycles. The minimum atomic E-state index is 0.624. The van der Waals surface area contributed by atoms with Crippen molar-refractivity contribution in [2.24, 2.45) is 7.05 Å². The van der Waals surface area contributed by atoms with Gasteiger partial charge in [0.1, 0.15) is 6.29 Å². The van der Waals surface area contributed by atoms with E-state index in [2.05, 4.69) is 28.0 Å². The van der Waals surface area contributed by atoms with Crippen LogP contribution in [0.1, 0.15) is 31.2 Å². The molecule has 3 nitrogen and oxygen atoms in total. The minimum Gasteiger partial charge on any atom is -0.303 e. The second-order valence-electron chi connectivity index (χ2n) is 3.24. The fourth-order valence-electron chi connectivity index (χ4n) is 1.44. The van der Waals surface area contributed by atoms with Gasteiger partial charge in [-0.05, 0) is 35.2 Å². The summed E-state index contributed by atoms with van der Waals surface area (Å²) in [5.74, 6) is 0. The second kappa shape index (κ2) is 5.29. The van der Waals surface area contributed by atoms with E-state index in [1.165, 1.54) is 5.69 Å². The zero-order chi connectivity index (χ0) is 10.6. The molecule has 0 spiro atoms. The molecule has 0 fully saturated rings. The number of aromatic nitrogens is 2. The molecule has 1 heterocycles. The van der Waals surface area contributed by atoms with Gasteiger partial charge in [0.2, 0.25) is 0 Å². The molecule has 0 bridgehead atoms. The van der Waals surface area contributed by atoms with E-state index in [4.69, 9.17) is 0 Å². The summed E-state index contributed by atoms with van der Waals surface area (Å²) in [4.78, 5) is 10.2. The van der Waals surface area contributed by atoms with Crippen LogP contribution in [0.2, 0.25) is 0 Å². The van der Waals surface area contributed by atoms with Gasteiger partial charge in [0.25, 0.3) is 0 Å². The molecule has 0 N–H and O–H groups in total. The van der Waals surface area contributed by atoms with Crippen LogP contribution in [0.4, 0.5) is 0 Å². The maximum Gasteiger partial charge on any atom is 0.120 e. The molecule has 0 saturated carbocycles. The van der Waals surface area contributed by atoms with E-state index >= 15 is 0 Å². The Morgan fingerprint density at radius 2 is 2.29 bits per heavy atom. The van der Waals surface area contributed by atoms with Crippen LogP contribution < -0.4 is 0 Å². The highest BCUT2D eigenvalue weighted by atomic mass is 79.9. The van der Waals surface area contributed by atoms with Gasteiger partial charge >= 0.3 is 0 Å². The SMILES string of the molecule is CCc1nn(C)c(CCCC=O)c1Br. The molecule has 14 heavy (non-hydrogen) atoms. The van der Waals surface area contributed by atoms with Crippen molar-refractivity contribution in [1.29, 1.82) is 0 Å². The molecule has 0 aliphatic heterocycles. The zero-order valence-electron chi connectivity index (χ0n) is 8.59. The Balaban J connectivity index is 2.74. The average Bonchev–Trinajstić information content (AvgIpc) is 2.45. The number of hydrogen-bond donors (Lipinski definition) is 0. The molecule has 1 rings (SSSR count). The molecule has 0 atom stereocenters. The van der Waals surface area contributed by atoms with Gasteiger partial charge in [-0.25, -0.2) is 0 Å². The third kappa shape index (κ3) is 2.44. The maximum absolute atomic E-state index is 10.2. The molecular weight excluding hydrogens is 244 g/mol. The Bertz CT molecular complexity index is 320. The largest absolute Gasteiger partial charge is 0.303 e. The summed E-state index contributed by atoms with van der Waals surface area (Å²) in [6, 6.07) is 0. The van der Waals surface area contributed by atoms with Crippen molar-refractivity contribution in [2.45, 2.75) is 32.6 Å². The Hall–Kier alpha value is -0.640. The number of unbranched alkanes of at least 4 members (excludes halogenated alkanes) is 1. The van der Waals surface area contributed by atoms with Gasteiger partial charge < -0.3 is 4.79 Å². The highest BCUT2D eigenvalue weighted by Crippen LogP contribution is 2.22. The van der Waals surface area contributed by atoms with Gasteiger partial charge in [-0.15, -0.1) is 0 Å². The summed E-state index contributed by atoms with van der Waals surface area (Å²) >= 11 is 3.54. The van der Waals surface area contributed by atoms with Crippen LogP contribution in [0.3, 0.4) is 0 Å². The molecule has 1 aromatic heterocycles. The highest BCUT2D eigenvalue weighted by Gasteiger charge is 2.11. The Morgan fingerprint density at radius 3 is 2.79 bits per heavy atom. The van der Waals surface area contributed by atoms with Crippen molar-refractivity contribution >= 4 is 22.2 Å². The van der Waals surface area contributed by atoms with Crippen molar-refractivity contribution in [3.63, 3.8) is 0 Å². The first-order valence-electron chi connectivity index (χ1n) is 4.84. The third-order valence-electron chi connectivity index (χ3n) is 2.24. The summed E-state index contributed by atoms with van der Waals surface area (Å²) < 4.78 is 3.00. The predicted octanol–water partition coefficient (Wildman–Crippen LogP) is 2.27. The molecule has 0 aromatic carbocycles. The van der Waals surface area contributed by atoms with E-state index in [9.17, 15) is 4.79 Å². The van der Waals surface area contributed by atoms with Crippen LogP contribution in [-0.2, 0) is 24.7 Å². The van der Waals surface area contributed by atoms with Crippen LogP contribution in [0, 0.1) is 0 Å². The van der Waals surface area contributed by atoms with Crippen LogP contribution in [0.15, 0.2) is 4.47 Å². The molecule has 0 amide bonds. The van der Waals surface area contributed by atoms with E-state index in [-0.39, 0.29) is 0 Å². The van der Waals surface area contributed by atoms with E-state index in [0.29, 0.717) is 6.42 Å². The predicted molar refractivity (Wildman–Crippen MR) is 59.3 cm³/mol. The molecule has 78 valence electrons. The fourth-order valence-corrected chi connectivity index (χ4v) is 2.26. The third-order valence-corrected chi connectivity index (χ3v) is 3.15. The maximum atomic E-state index is 10.2. The average molecular weight is 259 g/mol. The first kappa shape index (κ1) is 11.4. The summed E-state index contributed by atoms with van der Waals surface area (Å²) in [6.45, 7) is 2.09.